The average molecular weight is 186 g/mol. The summed E-state index contributed by atoms with van der Waals surface area (Å²) in [7, 11) is 0. The second kappa shape index (κ2) is 3.00. The molecule has 6 nitrogen and oxygen atoms in total. The van der Waals surface area contributed by atoms with Gasteiger partial charge in [-0.1, -0.05) is 10.3 Å². The van der Waals surface area contributed by atoms with Crippen molar-refractivity contribution in [3.63, 3.8) is 0 Å². The summed E-state index contributed by atoms with van der Waals surface area (Å²) in [5, 5.41) is 9.12. The van der Waals surface area contributed by atoms with E-state index in [9.17, 15) is 9.18 Å². The molecule has 0 saturated carbocycles. The number of amides is 1. The topological polar surface area (TPSA) is 69.0 Å². The Hall–Kier alpha value is -1.66. The number of hydrogen-bond donors (Lipinski definition) is 1. The summed E-state index contributed by atoms with van der Waals surface area (Å²) >= 11 is 0. The van der Waals surface area contributed by atoms with Crippen LogP contribution in [0, 0.1) is 5.95 Å². The van der Waals surface area contributed by atoms with Crippen molar-refractivity contribution in [3.05, 3.63) is 12.1 Å². The maximum Gasteiger partial charge on any atom is 0.407 e. The lowest BCUT2D eigenvalue weighted by atomic mass is 10.4. The second-order valence-corrected chi connectivity index (χ2v) is 2.67. The molecule has 7 heteroatoms. The quantitative estimate of drug-likeness (QED) is 0.677. The highest BCUT2D eigenvalue weighted by atomic mass is 19.1. The molecule has 1 unspecified atom stereocenters. The van der Waals surface area contributed by atoms with E-state index in [4.69, 9.17) is 4.74 Å². The van der Waals surface area contributed by atoms with E-state index in [0.29, 0.717) is 13.1 Å². The van der Waals surface area contributed by atoms with Crippen LogP contribution in [0.4, 0.5) is 9.18 Å². The van der Waals surface area contributed by atoms with Gasteiger partial charge in [-0.15, -0.1) is 0 Å². The zero-order chi connectivity index (χ0) is 9.26. The van der Waals surface area contributed by atoms with Gasteiger partial charge >= 0.3 is 6.09 Å². The lowest BCUT2D eigenvalue weighted by Gasteiger charge is -2.05. The molecule has 0 aliphatic carbocycles. The average Bonchev–Trinajstić information content (AvgIpc) is 2.62. The molecule has 70 valence electrons. The smallest absolute Gasteiger partial charge is 0.407 e. The molecule has 1 atom stereocenters. The number of cyclic esters (lactones) is 1. The van der Waals surface area contributed by atoms with Crippen LogP contribution in [0.1, 0.15) is 0 Å². The van der Waals surface area contributed by atoms with Crippen LogP contribution in [-0.4, -0.2) is 33.7 Å². The molecule has 1 saturated heterocycles. The third-order valence-electron chi connectivity index (χ3n) is 1.65. The molecular formula is C6H7FN4O2. The molecule has 1 N–H and O–H groups in total. The molecule has 1 amide bonds. The summed E-state index contributed by atoms with van der Waals surface area (Å²) < 4.78 is 18.5. The van der Waals surface area contributed by atoms with Crippen LogP contribution in [-0.2, 0) is 11.3 Å². The number of aromatic nitrogens is 3. The minimum Gasteiger partial charge on any atom is -0.442 e. The van der Waals surface area contributed by atoms with Gasteiger partial charge in [0.05, 0.1) is 19.3 Å². The first-order chi connectivity index (χ1) is 6.24. The van der Waals surface area contributed by atoms with E-state index in [2.05, 4.69) is 15.6 Å². The van der Waals surface area contributed by atoms with Gasteiger partial charge in [0, 0.05) is 0 Å². The van der Waals surface area contributed by atoms with E-state index < -0.39 is 12.0 Å². The Morgan fingerprint density at radius 2 is 2.69 bits per heavy atom. The van der Waals surface area contributed by atoms with Gasteiger partial charge in [-0.3, -0.25) is 0 Å². The van der Waals surface area contributed by atoms with Crippen LogP contribution in [0.2, 0.25) is 0 Å². The summed E-state index contributed by atoms with van der Waals surface area (Å²) in [4.78, 5) is 10.6. The van der Waals surface area contributed by atoms with Crippen molar-refractivity contribution in [1.82, 2.24) is 20.3 Å². The fourth-order valence-electron chi connectivity index (χ4n) is 1.11. The van der Waals surface area contributed by atoms with Gasteiger partial charge in [0.1, 0.15) is 6.10 Å². The Labute approximate surface area is 72.7 Å². The lowest BCUT2D eigenvalue weighted by molar-refractivity contribution is 0.128. The largest absolute Gasteiger partial charge is 0.442 e. The van der Waals surface area contributed by atoms with E-state index in [1.54, 1.807) is 0 Å². The summed E-state index contributed by atoms with van der Waals surface area (Å²) in [6.07, 6.45) is 0.394. The Morgan fingerprint density at radius 1 is 1.85 bits per heavy atom. The minimum atomic E-state index is -0.641. The molecule has 1 aromatic rings. The minimum absolute atomic E-state index is 0.298. The molecule has 0 bridgehead atoms. The fourth-order valence-corrected chi connectivity index (χ4v) is 1.11. The summed E-state index contributed by atoms with van der Waals surface area (Å²) in [6, 6.07) is 0. The number of rotatable bonds is 2. The van der Waals surface area contributed by atoms with Gasteiger partial charge in [0.15, 0.2) is 0 Å². The van der Waals surface area contributed by atoms with Gasteiger partial charge in [0.25, 0.3) is 5.95 Å². The van der Waals surface area contributed by atoms with Gasteiger partial charge in [-0.2, -0.15) is 4.39 Å². The Bertz CT molecular complexity index is 326. The Balaban J connectivity index is 1.95. The SMILES string of the molecule is O=C1NCC(Cn2cc(F)nn2)O1. The predicted molar refractivity (Wildman–Crippen MR) is 38.3 cm³/mol. The summed E-state index contributed by atoms with van der Waals surface area (Å²) in [5.41, 5.74) is 0. The van der Waals surface area contributed by atoms with Crippen molar-refractivity contribution < 1.29 is 13.9 Å². The third kappa shape index (κ3) is 1.74. The zero-order valence-corrected chi connectivity index (χ0v) is 6.61. The number of nitrogens with one attached hydrogen (secondary N) is 1. The number of carbonyl (C=O) groups excluding carboxylic acids is 1. The van der Waals surface area contributed by atoms with E-state index >= 15 is 0 Å². The highest BCUT2D eigenvalue weighted by Gasteiger charge is 2.23. The molecule has 2 rings (SSSR count). The van der Waals surface area contributed by atoms with Gasteiger partial charge < -0.3 is 10.1 Å². The molecule has 0 aromatic carbocycles. The second-order valence-electron chi connectivity index (χ2n) is 2.67. The molecule has 0 spiro atoms. The molecular weight excluding hydrogens is 179 g/mol. The van der Waals surface area contributed by atoms with Crippen molar-refractivity contribution in [2.24, 2.45) is 0 Å². The molecule has 1 aromatic heterocycles. The number of alkyl carbamates (subject to hydrolysis) is 1. The molecule has 1 aliphatic rings. The lowest BCUT2D eigenvalue weighted by Crippen LogP contribution is -2.20. The first-order valence-corrected chi connectivity index (χ1v) is 3.74. The number of hydrogen-bond acceptors (Lipinski definition) is 4. The first kappa shape index (κ1) is 7.96. The summed E-state index contributed by atoms with van der Waals surface area (Å²) in [6.45, 7) is 0.732. The van der Waals surface area contributed by atoms with E-state index in [-0.39, 0.29) is 6.10 Å². The third-order valence-corrected chi connectivity index (χ3v) is 1.65. The van der Waals surface area contributed by atoms with Crippen molar-refractivity contribution in [2.75, 3.05) is 6.54 Å². The maximum absolute atomic E-state index is 12.4. The number of nitrogens with zero attached hydrogens (tertiary/aromatic N) is 3. The van der Waals surface area contributed by atoms with Gasteiger partial charge in [-0.25, -0.2) is 9.48 Å². The van der Waals surface area contributed by atoms with Crippen molar-refractivity contribution >= 4 is 6.09 Å². The fraction of sp³-hybridized carbons (Fsp3) is 0.500. The van der Waals surface area contributed by atoms with Crippen LogP contribution < -0.4 is 5.32 Å². The molecule has 13 heavy (non-hydrogen) atoms. The van der Waals surface area contributed by atoms with Crippen LogP contribution in [0.5, 0.6) is 0 Å². The van der Waals surface area contributed by atoms with Crippen molar-refractivity contribution in [3.8, 4) is 0 Å². The van der Waals surface area contributed by atoms with E-state index in [1.807, 2.05) is 0 Å². The molecule has 2 heterocycles. The number of ether oxygens (including phenoxy) is 1. The van der Waals surface area contributed by atoms with Crippen molar-refractivity contribution in [1.29, 1.82) is 0 Å². The van der Waals surface area contributed by atoms with Crippen LogP contribution >= 0.6 is 0 Å². The Morgan fingerprint density at radius 3 is 3.23 bits per heavy atom. The van der Waals surface area contributed by atoms with E-state index in [1.165, 1.54) is 4.68 Å². The van der Waals surface area contributed by atoms with Crippen molar-refractivity contribution in [2.45, 2.75) is 12.6 Å². The van der Waals surface area contributed by atoms with E-state index in [0.717, 1.165) is 6.20 Å². The highest BCUT2D eigenvalue weighted by molar-refractivity contribution is 5.69. The number of carbonyl (C=O) groups is 1. The van der Waals surface area contributed by atoms with Crippen LogP contribution in [0.15, 0.2) is 6.20 Å². The van der Waals surface area contributed by atoms with Crippen LogP contribution in [0.25, 0.3) is 0 Å². The highest BCUT2D eigenvalue weighted by Crippen LogP contribution is 2.02. The monoisotopic (exact) mass is 186 g/mol. The molecule has 1 fully saturated rings. The van der Waals surface area contributed by atoms with Gasteiger partial charge in [0.2, 0.25) is 0 Å². The molecule has 1 aliphatic heterocycles. The van der Waals surface area contributed by atoms with Gasteiger partial charge in [-0.05, 0) is 0 Å². The standard InChI is InChI=1S/C6H7FN4O2/c7-5-3-11(10-9-5)2-4-1-8-6(12)13-4/h3-4H,1-2H2,(H,8,12). The predicted octanol–water partition coefficient (Wildman–Crippen LogP) is -0.474. The summed E-state index contributed by atoms with van der Waals surface area (Å²) in [5.74, 6) is -0.641. The normalized spacial score (nSPS) is 21.3. The maximum atomic E-state index is 12.4. The Kier molecular flexibility index (Phi) is 1.84. The van der Waals surface area contributed by atoms with Crippen LogP contribution in [0.3, 0.4) is 0 Å². The zero-order valence-electron chi connectivity index (χ0n) is 6.61. The molecule has 0 radical (unpaired) electrons. The number of halogens is 1. The first-order valence-electron chi connectivity index (χ1n) is 3.74.